The van der Waals surface area contributed by atoms with Crippen LogP contribution in [0.15, 0.2) is 65.8 Å². The maximum Gasteiger partial charge on any atom is 0.324 e. The molecule has 5 rings (SSSR count). The minimum absolute atomic E-state index is 0.0469. The Labute approximate surface area is 193 Å². The standard InChI is InChI=1S/C24H27N5O3S/c1-33(31,32)21-8-6-18(7-9-21)16-27-12-13-29(23-5-3-2-4-22(23)27)24(30)28-11-10-19(17-28)20-14-25-26-15-20/h2-9,14-15,19H,10-13,16-17H2,1H3,(H,25,26). The van der Waals surface area contributed by atoms with Crippen molar-refractivity contribution in [1.29, 1.82) is 0 Å². The van der Waals surface area contributed by atoms with E-state index >= 15 is 0 Å². The van der Waals surface area contributed by atoms with Gasteiger partial charge in [-0.3, -0.25) is 10.00 Å². The molecule has 2 aliphatic heterocycles. The molecule has 172 valence electrons. The molecule has 3 aromatic rings. The Balaban J connectivity index is 1.32. The predicted molar refractivity (Wildman–Crippen MR) is 127 cm³/mol. The van der Waals surface area contributed by atoms with E-state index in [1.165, 1.54) is 6.26 Å². The van der Waals surface area contributed by atoms with Gasteiger partial charge in [0, 0.05) is 51.1 Å². The lowest BCUT2D eigenvalue weighted by Crippen LogP contribution is -2.49. The number of hydrogen-bond acceptors (Lipinski definition) is 5. The van der Waals surface area contributed by atoms with E-state index in [9.17, 15) is 13.2 Å². The molecule has 8 nitrogen and oxygen atoms in total. The number of aromatic nitrogens is 2. The zero-order valence-corrected chi connectivity index (χ0v) is 19.3. The number of nitrogens with one attached hydrogen (secondary N) is 1. The van der Waals surface area contributed by atoms with Gasteiger partial charge in [-0.15, -0.1) is 0 Å². The Hall–Kier alpha value is -3.33. The van der Waals surface area contributed by atoms with Crippen LogP contribution >= 0.6 is 0 Å². The lowest BCUT2D eigenvalue weighted by molar-refractivity contribution is 0.214. The first-order valence-corrected chi connectivity index (χ1v) is 13.0. The minimum atomic E-state index is -3.21. The quantitative estimate of drug-likeness (QED) is 0.639. The Morgan fingerprint density at radius 2 is 1.82 bits per heavy atom. The molecule has 0 spiro atoms. The van der Waals surface area contributed by atoms with Crippen molar-refractivity contribution in [2.24, 2.45) is 0 Å². The van der Waals surface area contributed by atoms with E-state index in [0.717, 1.165) is 35.5 Å². The Morgan fingerprint density at radius 1 is 1.06 bits per heavy atom. The van der Waals surface area contributed by atoms with Crippen LogP contribution in [0.5, 0.6) is 0 Å². The topological polar surface area (TPSA) is 89.6 Å². The van der Waals surface area contributed by atoms with Crippen LogP contribution in [-0.2, 0) is 16.4 Å². The molecule has 1 saturated heterocycles. The van der Waals surface area contributed by atoms with Crippen LogP contribution in [0.2, 0.25) is 0 Å². The molecule has 2 aromatic carbocycles. The SMILES string of the molecule is CS(=O)(=O)c1ccc(CN2CCN(C(=O)N3CCC(c4cn[nH]c4)C3)c3ccccc32)cc1. The second-order valence-electron chi connectivity index (χ2n) is 8.72. The lowest BCUT2D eigenvalue weighted by atomic mass is 10.0. The molecule has 1 N–H and O–H groups in total. The molecular weight excluding hydrogens is 438 g/mol. The summed E-state index contributed by atoms with van der Waals surface area (Å²) in [5.74, 6) is 0.319. The van der Waals surface area contributed by atoms with Crippen molar-refractivity contribution in [2.45, 2.75) is 23.8 Å². The van der Waals surface area contributed by atoms with Gasteiger partial charge in [0.05, 0.1) is 22.5 Å². The van der Waals surface area contributed by atoms with Gasteiger partial charge in [0.1, 0.15) is 0 Å². The second kappa shape index (κ2) is 8.55. The molecule has 1 atom stereocenters. The molecule has 0 aliphatic carbocycles. The fraction of sp³-hybridized carbons (Fsp3) is 0.333. The number of hydrogen-bond donors (Lipinski definition) is 1. The van der Waals surface area contributed by atoms with Crippen molar-refractivity contribution in [3.05, 3.63) is 72.1 Å². The number of rotatable bonds is 4. The molecule has 3 heterocycles. The predicted octanol–water partition coefficient (Wildman–Crippen LogP) is 3.25. The first-order valence-electron chi connectivity index (χ1n) is 11.1. The summed E-state index contributed by atoms with van der Waals surface area (Å²) in [6, 6.07) is 15.0. The van der Waals surface area contributed by atoms with Gasteiger partial charge in [-0.25, -0.2) is 13.2 Å². The highest BCUT2D eigenvalue weighted by Gasteiger charge is 2.34. The summed E-state index contributed by atoms with van der Waals surface area (Å²) in [5, 5.41) is 6.90. The number of sulfone groups is 1. The summed E-state index contributed by atoms with van der Waals surface area (Å²) in [6.07, 6.45) is 5.91. The van der Waals surface area contributed by atoms with Crippen LogP contribution < -0.4 is 9.80 Å². The molecule has 1 unspecified atom stereocenters. The molecule has 1 fully saturated rings. The first-order chi connectivity index (χ1) is 15.9. The maximum atomic E-state index is 13.4. The van der Waals surface area contributed by atoms with Gasteiger partial charge in [-0.2, -0.15) is 5.10 Å². The normalized spacial score (nSPS) is 18.5. The van der Waals surface area contributed by atoms with Gasteiger partial charge < -0.3 is 9.80 Å². The van der Waals surface area contributed by atoms with Gasteiger partial charge in [-0.05, 0) is 41.8 Å². The second-order valence-corrected chi connectivity index (χ2v) is 10.7. The number of amides is 2. The van der Waals surface area contributed by atoms with E-state index in [1.54, 1.807) is 12.1 Å². The van der Waals surface area contributed by atoms with E-state index < -0.39 is 9.84 Å². The minimum Gasteiger partial charge on any atom is -0.364 e. The summed E-state index contributed by atoms with van der Waals surface area (Å²) in [7, 11) is -3.21. The zero-order valence-electron chi connectivity index (χ0n) is 18.5. The van der Waals surface area contributed by atoms with Crippen LogP contribution in [-0.4, -0.2) is 62.0 Å². The Morgan fingerprint density at radius 3 is 2.52 bits per heavy atom. The van der Waals surface area contributed by atoms with Gasteiger partial charge in [-0.1, -0.05) is 24.3 Å². The van der Waals surface area contributed by atoms with Crippen LogP contribution in [0.1, 0.15) is 23.5 Å². The fourth-order valence-corrected chi connectivity index (χ4v) is 5.34. The number of carbonyl (C=O) groups is 1. The van der Waals surface area contributed by atoms with Crippen molar-refractivity contribution in [3.8, 4) is 0 Å². The van der Waals surface area contributed by atoms with Crippen LogP contribution in [0, 0.1) is 0 Å². The third-order valence-corrected chi connectivity index (χ3v) is 7.64. The highest BCUT2D eigenvalue weighted by Crippen LogP contribution is 2.36. The van der Waals surface area contributed by atoms with Crippen molar-refractivity contribution in [2.75, 3.05) is 42.2 Å². The smallest absolute Gasteiger partial charge is 0.324 e. The van der Waals surface area contributed by atoms with E-state index in [-0.39, 0.29) is 6.03 Å². The number of nitrogens with zero attached hydrogens (tertiary/aromatic N) is 4. The summed E-state index contributed by atoms with van der Waals surface area (Å²) in [4.78, 5) is 19.8. The van der Waals surface area contributed by atoms with Crippen LogP contribution in [0.4, 0.5) is 16.2 Å². The lowest BCUT2D eigenvalue weighted by Gasteiger charge is -2.39. The van der Waals surface area contributed by atoms with E-state index in [1.807, 2.05) is 58.6 Å². The number of carbonyl (C=O) groups excluding carboxylic acids is 1. The highest BCUT2D eigenvalue weighted by molar-refractivity contribution is 7.90. The highest BCUT2D eigenvalue weighted by atomic mass is 32.2. The summed E-state index contributed by atoms with van der Waals surface area (Å²) in [5.41, 5.74) is 4.10. The number of urea groups is 1. The average molecular weight is 466 g/mol. The van der Waals surface area contributed by atoms with Gasteiger partial charge >= 0.3 is 6.03 Å². The van der Waals surface area contributed by atoms with E-state index in [0.29, 0.717) is 37.0 Å². The number of likely N-dealkylation sites (tertiary alicyclic amines) is 1. The Kier molecular flexibility index (Phi) is 5.57. The molecule has 0 bridgehead atoms. The van der Waals surface area contributed by atoms with Gasteiger partial charge in [0.2, 0.25) is 0 Å². The molecule has 33 heavy (non-hydrogen) atoms. The van der Waals surface area contributed by atoms with E-state index in [2.05, 4.69) is 15.1 Å². The maximum absolute atomic E-state index is 13.4. The molecule has 1 aromatic heterocycles. The molecule has 9 heteroatoms. The van der Waals surface area contributed by atoms with Crippen LogP contribution in [0.25, 0.3) is 0 Å². The first kappa shape index (κ1) is 21.5. The summed E-state index contributed by atoms with van der Waals surface area (Å²) >= 11 is 0. The third kappa shape index (κ3) is 4.32. The van der Waals surface area contributed by atoms with Crippen molar-refractivity contribution in [3.63, 3.8) is 0 Å². The number of anilines is 2. The number of para-hydroxylation sites is 2. The third-order valence-electron chi connectivity index (χ3n) is 6.51. The molecular formula is C24H27N5O3S. The number of aromatic amines is 1. The number of benzene rings is 2. The van der Waals surface area contributed by atoms with Gasteiger partial charge in [0.25, 0.3) is 0 Å². The van der Waals surface area contributed by atoms with E-state index in [4.69, 9.17) is 0 Å². The monoisotopic (exact) mass is 465 g/mol. The van der Waals surface area contributed by atoms with Crippen molar-refractivity contribution < 1.29 is 13.2 Å². The summed E-state index contributed by atoms with van der Waals surface area (Å²) < 4.78 is 23.5. The summed E-state index contributed by atoms with van der Waals surface area (Å²) in [6.45, 7) is 3.40. The van der Waals surface area contributed by atoms with Crippen LogP contribution in [0.3, 0.4) is 0 Å². The molecule has 0 radical (unpaired) electrons. The number of fused-ring (bicyclic) bond motifs is 1. The fourth-order valence-electron chi connectivity index (χ4n) is 4.71. The van der Waals surface area contributed by atoms with Crippen molar-refractivity contribution >= 4 is 27.2 Å². The largest absolute Gasteiger partial charge is 0.364 e. The molecule has 2 amide bonds. The molecule has 2 aliphatic rings. The average Bonchev–Trinajstić information content (AvgIpc) is 3.51. The van der Waals surface area contributed by atoms with Crippen molar-refractivity contribution in [1.82, 2.24) is 15.1 Å². The Bertz CT molecular complexity index is 1240. The van der Waals surface area contributed by atoms with Gasteiger partial charge in [0.15, 0.2) is 9.84 Å². The zero-order chi connectivity index (χ0) is 23.0. The number of H-pyrrole nitrogens is 1. The molecule has 0 saturated carbocycles.